The molecule has 1 N–H and O–H groups in total. The minimum Gasteiger partial charge on any atom is -0.378 e. The zero-order chi connectivity index (χ0) is 12.1. The van der Waals surface area contributed by atoms with E-state index in [-0.39, 0.29) is 11.9 Å². The van der Waals surface area contributed by atoms with Gasteiger partial charge in [-0.3, -0.25) is 0 Å². The van der Waals surface area contributed by atoms with Crippen LogP contribution in [0.3, 0.4) is 0 Å². The molecule has 0 spiro atoms. The van der Waals surface area contributed by atoms with E-state index in [2.05, 4.69) is 5.32 Å². The van der Waals surface area contributed by atoms with Gasteiger partial charge in [0.15, 0.2) is 0 Å². The summed E-state index contributed by atoms with van der Waals surface area (Å²) in [6, 6.07) is 7.19. The van der Waals surface area contributed by atoms with Crippen molar-refractivity contribution < 1.29 is 9.13 Å². The molecular formula is C13H19FN2O. The molecule has 1 heterocycles. The number of morpholine rings is 1. The van der Waals surface area contributed by atoms with Crippen LogP contribution in [-0.2, 0) is 4.74 Å². The molecule has 1 fully saturated rings. The Bertz CT molecular complexity index is 353. The average molecular weight is 238 g/mol. The van der Waals surface area contributed by atoms with Crippen LogP contribution >= 0.6 is 0 Å². The minimum atomic E-state index is -0.161. The lowest BCUT2D eigenvalue weighted by Gasteiger charge is -2.31. The number of ether oxygens (including phenoxy) is 1. The van der Waals surface area contributed by atoms with Crippen molar-refractivity contribution in [3.8, 4) is 0 Å². The average Bonchev–Trinajstić information content (AvgIpc) is 2.38. The summed E-state index contributed by atoms with van der Waals surface area (Å²) in [7, 11) is 0. The van der Waals surface area contributed by atoms with E-state index in [9.17, 15) is 4.39 Å². The van der Waals surface area contributed by atoms with Gasteiger partial charge < -0.3 is 15.0 Å². The maximum Gasteiger partial charge on any atom is 0.146 e. The van der Waals surface area contributed by atoms with Crippen molar-refractivity contribution in [1.29, 1.82) is 0 Å². The van der Waals surface area contributed by atoms with Crippen LogP contribution in [0.2, 0.25) is 0 Å². The predicted molar refractivity (Wildman–Crippen MR) is 66.9 cm³/mol. The molecule has 2 rings (SSSR count). The van der Waals surface area contributed by atoms with E-state index < -0.39 is 0 Å². The van der Waals surface area contributed by atoms with Crippen molar-refractivity contribution in [2.45, 2.75) is 13.0 Å². The van der Waals surface area contributed by atoms with Crippen LogP contribution in [0.4, 0.5) is 10.1 Å². The first-order valence-electron chi connectivity index (χ1n) is 6.12. The Morgan fingerprint density at radius 3 is 2.94 bits per heavy atom. The standard InChI is InChI=1S/C13H19FN2O/c1-2-16(9-11-10-17-8-7-15-11)13-6-4-3-5-12(13)14/h3-6,11,15H,2,7-10H2,1H3. The van der Waals surface area contributed by atoms with Crippen LogP contribution < -0.4 is 10.2 Å². The lowest BCUT2D eigenvalue weighted by atomic mass is 10.2. The molecule has 3 nitrogen and oxygen atoms in total. The monoisotopic (exact) mass is 238 g/mol. The predicted octanol–water partition coefficient (Wildman–Crippen LogP) is 1.64. The van der Waals surface area contributed by atoms with E-state index in [1.54, 1.807) is 6.07 Å². The normalized spacial score (nSPS) is 20.2. The molecule has 1 aromatic carbocycles. The maximum atomic E-state index is 13.7. The lowest BCUT2D eigenvalue weighted by molar-refractivity contribution is 0.0788. The Morgan fingerprint density at radius 1 is 1.47 bits per heavy atom. The summed E-state index contributed by atoms with van der Waals surface area (Å²) in [6.07, 6.45) is 0. The molecule has 0 saturated carbocycles. The summed E-state index contributed by atoms with van der Waals surface area (Å²) in [5.41, 5.74) is 0.669. The topological polar surface area (TPSA) is 24.5 Å². The number of hydrogen-bond donors (Lipinski definition) is 1. The van der Waals surface area contributed by atoms with E-state index in [1.165, 1.54) is 6.07 Å². The zero-order valence-electron chi connectivity index (χ0n) is 10.2. The highest BCUT2D eigenvalue weighted by molar-refractivity contribution is 5.47. The lowest BCUT2D eigenvalue weighted by Crippen LogP contribution is -2.48. The molecular weight excluding hydrogens is 219 g/mol. The van der Waals surface area contributed by atoms with Crippen LogP contribution in [0.5, 0.6) is 0 Å². The van der Waals surface area contributed by atoms with Crippen molar-refractivity contribution in [1.82, 2.24) is 5.32 Å². The molecule has 1 saturated heterocycles. The van der Waals surface area contributed by atoms with Gasteiger partial charge in [0.05, 0.1) is 18.9 Å². The quantitative estimate of drug-likeness (QED) is 0.863. The Hall–Kier alpha value is -1.13. The summed E-state index contributed by atoms with van der Waals surface area (Å²) in [5, 5.41) is 3.38. The van der Waals surface area contributed by atoms with Crippen molar-refractivity contribution in [3.63, 3.8) is 0 Å². The van der Waals surface area contributed by atoms with E-state index in [4.69, 9.17) is 4.74 Å². The minimum absolute atomic E-state index is 0.161. The van der Waals surface area contributed by atoms with Gasteiger partial charge >= 0.3 is 0 Å². The summed E-state index contributed by atoms with van der Waals surface area (Å²) >= 11 is 0. The third kappa shape index (κ3) is 3.17. The molecule has 94 valence electrons. The van der Waals surface area contributed by atoms with Gasteiger partial charge in [0, 0.05) is 25.7 Å². The van der Waals surface area contributed by atoms with Crippen LogP contribution in [-0.4, -0.2) is 38.9 Å². The number of benzene rings is 1. The van der Waals surface area contributed by atoms with Crippen molar-refractivity contribution in [2.75, 3.05) is 37.7 Å². The molecule has 1 unspecified atom stereocenters. The van der Waals surface area contributed by atoms with E-state index in [1.807, 2.05) is 24.0 Å². The van der Waals surface area contributed by atoms with E-state index in [0.717, 1.165) is 26.2 Å². The van der Waals surface area contributed by atoms with Crippen molar-refractivity contribution in [2.24, 2.45) is 0 Å². The fraction of sp³-hybridized carbons (Fsp3) is 0.538. The molecule has 0 bridgehead atoms. The molecule has 0 radical (unpaired) electrons. The first-order chi connectivity index (χ1) is 8.31. The van der Waals surface area contributed by atoms with Crippen LogP contribution in [0, 0.1) is 5.82 Å². The molecule has 17 heavy (non-hydrogen) atoms. The third-order valence-electron chi connectivity index (χ3n) is 3.01. The summed E-state index contributed by atoms with van der Waals surface area (Å²) in [5.74, 6) is -0.161. The number of hydrogen-bond acceptors (Lipinski definition) is 3. The molecule has 0 aromatic heterocycles. The first kappa shape index (κ1) is 12.3. The molecule has 4 heteroatoms. The third-order valence-corrected chi connectivity index (χ3v) is 3.01. The second-order valence-corrected chi connectivity index (χ2v) is 4.22. The number of nitrogens with zero attached hydrogens (tertiary/aromatic N) is 1. The van der Waals surface area contributed by atoms with Crippen molar-refractivity contribution in [3.05, 3.63) is 30.1 Å². The van der Waals surface area contributed by atoms with Crippen LogP contribution in [0.15, 0.2) is 24.3 Å². The highest BCUT2D eigenvalue weighted by atomic mass is 19.1. The van der Waals surface area contributed by atoms with Gasteiger partial charge in [-0.25, -0.2) is 4.39 Å². The number of anilines is 1. The van der Waals surface area contributed by atoms with Crippen LogP contribution in [0.1, 0.15) is 6.92 Å². The van der Waals surface area contributed by atoms with Gasteiger partial charge in [-0.05, 0) is 19.1 Å². The smallest absolute Gasteiger partial charge is 0.146 e. The number of para-hydroxylation sites is 1. The second-order valence-electron chi connectivity index (χ2n) is 4.22. The number of nitrogens with one attached hydrogen (secondary N) is 1. The Morgan fingerprint density at radius 2 is 2.29 bits per heavy atom. The molecule has 1 aliphatic rings. The van der Waals surface area contributed by atoms with Gasteiger partial charge in [0.25, 0.3) is 0 Å². The summed E-state index contributed by atoms with van der Waals surface area (Å²) in [4.78, 5) is 2.04. The molecule has 0 aliphatic carbocycles. The fourth-order valence-electron chi connectivity index (χ4n) is 2.11. The SMILES string of the molecule is CCN(CC1COCCN1)c1ccccc1F. The number of likely N-dealkylation sites (N-methyl/N-ethyl adjacent to an activating group) is 1. The summed E-state index contributed by atoms with van der Waals surface area (Å²) in [6.45, 7) is 5.94. The van der Waals surface area contributed by atoms with Gasteiger partial charge in [-0.15, -0.1) is 0 Å². The van der Waals surface area contributed by atoms with Gasteiger partial charge in [-0.1, -0.05) is 12.1 Å². The molecule has 1 aromatic rings. The van der Waals surface area contributed by atoms with E-state index >= 15 is 0 Å². The highest BCUT2D eigenvalue weighted by Crippen LogP contribution is 2.18. The summed E-state index contributed by atoms with van der Waals surface area (Å²) < 4.78 is 19.1. The van der Waals surface area contributed by atoms with E-state index in [0.29, 0.717) is 12.3 Å². The van der Waals surface area contributed by atoms with Crippen molar-refractivity contribution >= 4 is 5.69 Å². The number of halogens is 1. The van der Waals surface area contributed by atoms with Gasteiger partial charge in [0.2, 0.25) is 0 Å². The maximum absolute atomic E-state index is 13.7. The zero-order valence-corrected chi connectivity index (χ0v) is 10.2. The Labute approximate surface area is 102 Å². The Balaban J connectivity index is 2.03. The first-order valence-corrected chi connectivity index (χ1v) is 6.12. The number of rotatable bonds is 4. The largest absolute Gasteiger partial charge is 0.378 e. The highest BCUT2D eigenvalue weighted by Gasteiger charge is 2.18. The van der Waals surface area contributed by atoms with Gasteiger partial charge in [-0.2, -0.15) is 0 Å². The molecule has 1 aliphatic heterocycles. The van der Waals surface area contributed by atoms with Crippen LogP contribution in [0.25, 0.3) is 0 Å². The fourth-order valence-corrected chi connectivity index (χ4v) is 2.11. The van der Waals surface area contributed by atoms with Gasteiger partial charge in [0.1, 0.15) is 5.82 Å². The Kier molecular flexibility index (Phi) is 4.34. The second kappa shape index (κ2) is 5.98. The molecule has 0 amide bonds. The molecule has 1 atom stereocenters.